The Kier molecular flexibility index (Phi) is 4.84. The molecule has 142 valence electrons. The molecule has 1 amide bonds. The van der Waals surface area contributed by atoms with Crippen molar-refractivity contribution in [2.45, 2.75) is 0 Å². The molecule has 4 rings (SSSR count). The Balaban J connectivity index is 1.52. The van der Waals surface area contributed by atoms with Gasteiger partial charge in [0.1, 0.15) is 13.2 Å². The fourth-order valence-electron chi connectivity index (χ4n) is 2.63. The van der Waals surface area contributed by atoms with E-state index in [0.29, 0.717) is 35.5 Å². The number of nitro groups is 1. The van der Waals surface area contributed by atoms with Gasteiger partial charge in [0.25, 0.3) is 11.6 Å². The highest BCUT2D eigenvalue weighted by atomic mass is 35.5. The van der Waals surface area contributed by atoms with E-state index in [1.54, 1.807) is 5.38 Å². The molecule has 8 nitrogen and oxygen atoms in total. The van der Waals surface area contributed by atoms with E-state index in [0.717, 1.165) is 11.6 Å². The van der Waals surface area contributed by atoms with Crippen LogP contribution < -0.4 is 14.8 Å². The van der Waals surface area contributed by atoms with Gasteiger partial charge in [-0.15, -0.1) is 11.3 Å². The first-order valence-electron chi connectivity index (χ1n) is 8.12. The Hall–Kier alpha value is -3.17. The molecule has 0 unspecified atom stereocenters. The van der Waals surface area contributed by atoms with Gasteiger partial charge in [-0.05, 0) is 24.3 Å². The summed E-state index contributed by atoms with van der Waals surface area (Å²) in [6, 6.07) is 9.19. The van der Waals surface area contributed by atoms with Crippen LogP contribution in [0.3, 0.4) is 0 Å². The lowest BCUT2D eigenvalue weighted by Crippen LogP contribution is -2.15. The number of rotatable bonds is 4. The molecule has 0 spiro atoms. The molecule has 0 aliphatic carbocycles. The minimum Gasteiger partial charge on any atom is -0.486 e. The predicted octanol–water partition coefficient (Wildman–Crippen LogP) is 4.40. The van der Waals surface area contributed by atoms with Gasteiger partial charge in [-0.3, -0.25) is 20.2 Å². The Morgan fingerprint density at radius 1 is 1.18 bits per heavy atom. The number of non-ortho nitro benzene ring substituents is 1. The van der Waals surface area contributed by atoms with Crippen LogP contribution in [0.25, 0.3) is 11.3 Å². The monoisotopic (exact) mass is 417 g/mol. The van der Waals surface area contributed by atoms with E-state index in [2.05, 4.69) is 10.3 Å². The molecule has 10 heteroatoms. The second-order valence-corrected chi connectivity index (χ2v) is 7.04. The summed E-state index contributed by atoms with van der Waals surface area (Å²) >= 11 is 7.25. The van der Waals surface area contributed by atoms with Gasteiger partial charge >= 0.3 is 0 Å². The molecule has 0 fully saturated rings. The van der Waals surface area contributed by atoms with Crippen molar-refractivity contribution in [1.29, 1.82) is 0 Å². The van der Waals surface area contributed by atoms with Crippen LogP contribution in [-0.2, 0) is 0 Å². The van der Waals surface area contributed by atoms with Gasteiger partial charge in [0, 0.05) is 23.1 Å². The van der Waals surface area contributed by atoms with Gasteiger partial charge in [-0.2, -0.15) is 0 Å². The van der Waals surface area contributed by atoms with Crippen molar-refractivity contribution >= 4 is 39.7 Å². The maximum absolute atomic E-state index is 12.4. The largest absolute Gasteiger partial charge is 0.486 e. The van der Waals surface area contributed by atoms with Crippen molar-refractivity contribution in [1.82, 2.24) is 4.98 Å². The normalized spacial score (nSPS) is 12.5. The highest BCUT2D eigenvalue weighted by molar-refractivity contribution is 7.14. The van der Waals surface area contributed by atoms with E-state index in [1.165, 1.54) is 23.5 Å². The van der Waals surface area contributed by atoms with Crippen LogP contribution in [0.2, 0.25) is 5.02 Å². The summed E-state index contributed by atoms with van der Waals surface area (Å²) in [5.41, 5.74) is 1.45. The number of carbonyl (C=O) groups excluding carboxylic acids is 1. The maximum Gasteiger partial charge on any atom is 0.270 e. The number of fused-ring (bicyclic) bond motifs is 1. The molecule has 28 heavy (non-hydrogen) atoms. The molecular weight excluding hydrogens is 406 g/mol. The molecule has 2 aromatic carbocycles. The highest BCUT2D eigenvalue weighted by Crippen LogP contribution is 2.35. The molecule has 0 atom stereocenters. The van der Waals surface area contributed by atoms with Gasteiger partial charge in [0.15, 0.2) is 16.6 Å². The van der Waals surface area contributed by atoms with Crippen molar-refractivity contribution in [3.63, 3.8) is 0 Å². The third-order valence-electron chi connectivity index (χ3n) is 3.97. The quantitative estimate of drug-likeness (QED) is 0.498. The molecule has 0 bridgehead atoms. The number of nitro benzene ring substituents is 1. The number of anilines is 1. The molecule has 1 aliphatic rings. The van der Waals surface area contributed by atoms with E-state index in [-0.39, 0.29) is 16.3 Å². The van der Waals surface area contributed by atoms with Crippen molar-refractivity contribution in [2.24, 2.45) is 0 Å². The van der Waals surface area contributed by atoms with Crippen LogP contribution in [0.5, 0.6) is 11.5 Å². The summed E-state index contributed by atoms with van der Waals surface area (Å²) in [7, 11) is 0. The molecule has 0 saturated heterocycles. The smallest absolute Gasteiger partial charge is 0.270 e. The number of hydrogen-bond donors (Lipinski definition) is 1. The van der Waals surface area contributed by atoms with Crippen LogP contribution in [0.15, 0.2) is 41.8 Å². The average Bonchev–Trinajstić information content (AvgIpc) is 3.15. The first-order valence-corrected chi connectivity index (χ1v) is 9.38. The van der Waals surface area contributed by atoms with Crippen molar-refractivity contribution in [2.75, 3.05) is 18.5 Å². The number of nitrogens with one attached hydrogen (secondary N) is 1. The third-order valence-corrected chi connectivity index (χ3v) is 5.04. The first-order chi connectivity index (χ1) is 13.5. The second-order valence-electron chi connectivity index (χ2n) is 5.77. The average molecular weight is 418 g/mol. The zero-order valence-electron chi connectivity index (χ0n) is 14.2. The summed E-state index contributed by atoms with van der Waals surface area (Å²) in [5, 5.41) is 15.6. The van der Waals surface area contributed by atoms with Gasteiger partial charge in [-0.1, -0.05) is 11.6 Å². The second kappa shape index (κ2) is 7.45. The number of benzene rings is 2. The number of nitrogens with zero attached hydrogens (tertiary/aromatic N) is 2. The lowest BCUT2D eigenvalue weighted by Gasteiger charge is -2.18. The number of halogens is 1. The van der Waals surface area contributed by atoms with E-state index in [1.807, 2.05) is 18.2 Å². The number of amides is 1. The molecule has 2 heterocycles. The predicted molar refractivity (Wildman–Crippen MR) is 105 cm³/mol. The van der Waals surface area contributed by atoms with Crippen molar-refractivity contribution in [3.05, 3.63) is 62.5 Å². The molecule has 1 N–H and O–H groups in total. The lowest BCUT2D eigenvalue weighted by molar-refractivity contribution is -0.384. The fourth-order valence-corrected chi connectivity index (χ4v) is 3.61. The van der Waals surface area contributed by atoms with Crippen LogP contribution in [0, 0.1) is 10.1 Å². The van der Waals surface area contributed by atoms with Crippen molar-refractivity contribution < 1.29 is 19.2 Å². The minimum atomic E-state index is -0.575. The summed E-state index contributed by atoms with van der Waals surface area (Å²) in [6.45, 7) is 1.01. The van der Waals surface area contributed by atoms with E-state index >= 15 is 0 Å². The summed E-state index contributed by atoms with van der Waals surface area (Å²) in [6.07, 6.45) is 0. The van der Waals surface area contributed by atoms with E-state index in [9.17, 15) is 14.9 Å². The number of ether oxygens (including phenoxy) is 2. The van der Waals surface area contributed by atoms with Crippen molar-refractivity contribution in [3.8, 4) is 22.8 Å². The fraction of sp³-hybridized carbons (Fsp3) is 0.111. The zero-order chi connectivity index (χ0) is 19.7. The van der Waals surface area contributed by atoms with E-state index in [4.69, 9.17) is 21.1 Å². The number of carbonyl (C=O) groups is 1. The Bertz CT molecular complexity index is 1080. The van der Waals surface area contributed by atoms with Gasteiger partial charge in [-0.25, -0.2) is 4.98 Å². The van der Waals surface area contributed by atoms with Crippen LogP contribution >= 0.6 is 22.9 Å². The zero-order valence-corrected chi connectivity index (χ0v) is 15.7. The molecule has 3 aromatic rings. The van der Waals surface area contributed by atoms with Gasteiger partial charge < -0.3 is 9.47 Å². The molecular formula is C18H12ClN3O5S. The van der Waals surface area contributed by atoms with Crippen LogP contribution in [-0.4, -0.2) is 29.0 Å². The lowest BCUT2D eigenvalue weighted by atomic mass is 10.1. The SMILES string of the molecule is O=C(Nc1nc(-c2ccc3c(c2)OCCO3)cs1)c1ccc([N+](=O)[O-])cc1Cl. The molecule has 1 aromatic heterocycles. The molecule has 1 aliphatic heterocycles. The van der Waals surface area contributed by atoms with Gasteiger partial charge in [0.05, 0.1) is 21.2 Å². The number of aromatic nitrogens is 1. The standard InChI is InChI=1S/C18H12ClN3O5S/c19-13-8-11(22(24)25)2-3-12(13)17(23)21-18-20-14(9-28-18)10-1-4-15-16(7-10)27-6-5-26-15/h1-4,7-9H,5-6H2,(H,20,21,23). The van der Waals surface area contributed by atoms with Crippen LogP contribution in [0.4, 0.5) is 10.8 Å². The number of hydrogen-bond acceptors (Lipinski definition) is 7. The molecule has 0 saturated carbocycles. The first kappa shape index (κ1) is 18.2. The number of thiazole rings is 1. The Morgan fingerprint density at radius 3 is 2.71 bits per heavy atom. The highest BCUT2D eigenvalue weighted by Gasteiger charge is 2.17. The van der Waals surface area contributed by atoms with Gasteiger partial charge in [0.2, 0.25) is 0 Å². The third kappa shape index (κ3) is 3.62. The summed E-state index contributed by atoms with van der Waals surface area (Å²) in [5.74, 6) is 0.842. The summed E-state index contributed by atoms with van der Waals surface area (Å²) < 4.78 is 11.1. The summed E-state index contributed by atoms with van der Waals surface area (Å²) in [4.78, 5) is 27.0. The maximum atomic E-state index is 12.4. The Morgan fingerprint density at radius 2 is 1.96 bits per heavy atom. The topological polar surface area (TPSA) is 104 Å². The molecule has 0 radical (unpaired) electrons. The van der Waals surface area contributed by atoms with Crippen LogP contribution in [0.1, 0.15) is 10.4 Å². The Labute approximate surface area is 167 Å². The van der Waals surface area contributed by atoms with E-state index < -0.39 is 10.8 Å². The minimum absolute atomic E-state index is 0.00434.